The number of aliphatic hydroxyl groups excluding tert-OH is 1. The summed E-state index contributed by atoms with van der Waals surface area (Å²) in [5, 5.41) is 11.3. The molecule has 0 spiro atoms. The molecule has 1 fully saturated rings. The van der Waals surface area contributed by atoms with Gasteiger partial charge in [-0.2, -0.15) is 0 Å². The van der Waals surface area contributed by atoms with E-state index < -0.39 is 6.10 Å². The van der Waals surface area contributed by atoms with Crippen LogP contribution >= 0.6 is 11.6 Å². The normalized spacial score (nSPS) is 15.6. The average Bonchev–Trinajstić information content (AvgIpc) is 2.81. The number of nitrogens with zero attached hydrogens (tertiary/aromatic N) is 2. The summed E-state index contributed by atoms with van der Waals surface area (Å²) in [6.07, 6.45) is -0.519. The molecule has 31 heavy (non-hydrogen) atoms. The summed E-state index contributed by atoms with van der Waals surface area (Å²) in [5.41, 5.74) is 4.60. The van der Waals surface area contributed by atoms with Crippen molar-refractivity contribution in [3.63, 3.8) is 0 Å². The number of ether oxygens (including phenoxy) is 1. The Morgan fingerprint density at radius 3 is 2.26 bits per heavy atom. The van der Waals surface area contributed by atoms with Crippen molar-refractivity contribution < 1.29 is 9.84 Å². The number of aryl methyl sites for hydroxylation is 1. The van der Waals surface area contributed by atoms with E-state index in [1.165, 1.54) is 5.56 Å². The lowest BCUT2D eigenvalue weighted by Crippen LogP contribution is -2.49. The molecule has 3 aromatic carbocycles. The van der Waals surface area contributed by atoms with E-state index in [1.807, 2.05) is 55.5 Å². The van der Waals surface area contributed by atoms with E-state index in [1.54, 1.807) is 0 Å². The van der Waals surface area contributed by atoms with Gasteiger partial charge in [0.2, 0.25) is 0 Å². The van der Waals surface area contributed by atoms with Gasteiger partial charge >= 0.3 is 0 Å². The Kier molecular flexibility index (Phi) is 7.13. The van der Waals surface area contributed by atoms with Crippen LogP contribution in [0.25, 0.3) is 11.1 Å². The van der Waals surface area contributed by atoms with Gasteiger partial charge in [0.1, 0.15) is 18.5 Å². The van der Waals surface area contributed by atoms with Crippen LogP contribution < -0.4 is 9.64 Å². The maximum Gasteiger partial charge on any atom is 0.119 e. The van der Waals surface area contributed by atoms with E-state index in [0.717, 1.165) is 53.8 Å². The Labute approximate surface area is 189 Å². The number of rotatable bonds is 7. The molecule has 0 bridgehead atoms. The van der Waals surface area contributed by atoms with Gasteiger partial charge in [0.15, 0.2) is 0 Å². The molecule has 1 N–H and O–H groups in total. The van der Waals surface area contributed by atoms with Crippen molar-refractivity contribution in [3.8, 4) is 16.9 Å². The molecular formula is C26H29ClN2O2. The molecule has 1 aliphatic rings. The van der Waals surface area contributed by atoms with E-state index in [4.69, 9.17) is 16.3 Å². The van der Waals surface area contributed by atoms with E-state index >= 15 is 0 Å². The summed E-state index contributed by atoms with van der Waals surface area (Å²) in [4.78, 5) is 4.64. The van der Waals surface area contributed by atoms with Crippen molar-refractivity contribution in [2.45, 2.75) is 13.0 Å². The number of halogens is 1. The van der Waals surface area contributed by atoms with Gasteiger partial charge in [-0.3, -0.25) is 4.90 Å². The van der Waals surface area contributed by atoms with Gasteiger partial charge in [0.05, 0.1) is 0 Å². The number of hydrogen-bond donors (Lipinski definition) is 1. The minimum Gasteiger partial charge on any atom is -0.491 e. The summed E-state index contributed by atoms with van der Waals surface area (Å²) < 4.78 is 5.81. The molecule has 0 radical (unpaired) electrons. The molecule has 1 aliphatic heterocycles. The van der Waals surface area contributed by atoms with E-state index in [9.17, 15) is 5.11 Å². The van der Waals surface area contributed by atoms with Crippen molar-refractivity contribution >= 4 is 17.3 Å². The first kappa shape index (κ1) is 21.7. The maximum atomic E-state index is 10.4. The number of β-amino-alcohol motifs (C(OH)–C–C–N with tert-alkyl or cyclic N) is 1. The number of hydrogen-bond acceptors (Lipinski definition) is 4. The molecule has 0 saturated carbocycles. The molecule has 0 amide bonds. The predicted octanol–water partition coefficient (Wildman–Crippen LogP) is 4.88. The number of anilines is 1. The first-order chi connectivity index (χ1) is 15.1. The van der Waals surface area contributed by atoms with Crippen LogP contribution in [0.4, 0.5) is 5.69 Å². The highest BCUT2D eigenvalue weighted by molar-refractivity contribution is 6.31. The van der Waals surface area contributed by atoms with Crippen molar-refractivity contribution in [3.05, 3.63) is 83.4 Å². The second-order valence-corrected chi connectivity index (χ2v) is 8.48. The third-order valence-electron chi connectivity index (χ3n) is 5.77. The van der Waals surface area contributed by atoms with Gasteiger partial charge in [-0.1, -0.05) is 60.1 Å². The molecule has 0 aliphatic carbocycles. The minimum atomic E-state index is -0.519. The van der Waals surface area contributed by atoms with Crippen molar-refractivity contribution in [1.82, 2.24) is 4.90 Å². The third-order valence-corrected chi connectivity index (χ3v) is 6.17. The molecule has 1 atom stereocenters. The van der Waals surface area contributed by atoms with Crippen LogP contribution in [0.1, 0.15) is 5.56 Å². The van der Waals surface area contributed by atoms with Gasteiger partial charge in [-0.05, 0) is 47.9 Å². The number of benzene rings is 3. The van der Waals surface area contributed by atoms with Gasteiger partial charge in [-0.25, -0.2) is 0 Å². The first-order valence-electron chi connectivity index (χ1n) is 10.8. The van der Waals surface area contributed by atoms with Crippen LogP contribution in [0.15, 0.2) is 72.8 Å². The Morgan fingerprint density at radius 2 is 1.58 bits per heavy atom. The topological polar surface area (TPSA) is 35.9 Å². The van der Waals surface area contributed by atoms with E-state index in [-0.39, 0.29) is 0 Å². The van der Waals surface area contributed by atoms with Gasteiger partial charge in [0, 0.05) is 43.4 Å². The Bertz CT molecular complexity index is 970. The fraction of sp³-hybridized carbons (Fsp3) is 0.308. The Morgan fingerprint density at radius 1 is 0.903 bits per heavy atom. The highest BCUT2D eigenvalue weighted by Gasteiger charge is 2.20. The van der Waals surface area contributed by atoms with Crippen molar-refractivity contribution in [1.29, 1.82) is 0 Å². The molecular weight excluding hydrogens is 408 g/mol. The molecule has 4 nitrogen and oxygen atoms in total. The number of piperazine rings is 1. The monoisotopic (exact) mass is 436 g/mol. The second kappa shape index (κ2) is 10.2. The molecule has 0 aromatic heterocycles. The summed E-state index contributed by atoms with van der Waals surface area (Å²) in [5.74, 6) is 0.778. The van der Waals surface area contributed by atoms with Crippen LogP contribution in [0.3, 0.4) is 0 Å². The standard InChI is InChI=1S/C26H29ClN2O2/c1-20-7-10-23(17-26(20)27)29-15-13-28(14-16-29)18-24(30)19-31-25-11-8-22(9-12-25)21-5-3-2-4-6-21/h2-12,17,24,30H,13-16,18-19H2,1H3/t24-/m1/s1. The Hall–Kier alpha value is -2.53. The maximum absolute atomic E-state index is 10.4. The number of aliphatic hydroxyl groups is 1. The molecule has 1 saturated heterocycles. The SMILES string of the molecule is Cc1ccc(N2CCN(C[C@@H](O)COc3ccc(-c4ccccc4)cc3)CC2)cc1Cl. The minimum absolute atomic E-state index is 0.290. The smallest absolute Gasteiger partial charge is 0.119 e. The van der Waals surface area contributed by atoms with Gasteiger partial charge < -0.3 is 14.7 Å². The lowest BCUT2D eigenvalue weighted by Gasteiger charge is -2.37. The molecule has 0 unspecified atom stereocenters. The fourth-order valence-electron chi connectivity index (χ4n) is 3.88. The van der Waals surface area contributed by atoms with Gasteiger partial charge in [0.25, 0.3) is 0 Å². The zero-order valence-corrected chi connectivity index (χ0v) is 18.6. The summed E-state index contributed by atoms with van der Waals surface area (Å²) in [6.45, 7) is 6.60. The quantitative estimate of drug-likeness (QED) is 0.572. The van der Waals surface area contributed by atoms with E-state index in [0.29, 0.717) is 13.2 Å². The van der Waals surface area contributed by atoms with E-state index in [2.05, 4.69) is 34.1 Å². The van der Waals surface area contributed by atoms with Crippen LogP contribution in [-0.4, -0.2) is 55.4 Å². The van der Waals surface area contributed by atoms with Crippen LogP contribution in [0, 0.1) is 6.92 Å². The predicted molar refractivity (Wildman–Crippen MR) is 128 cm³/mol. The zero-order valence-electron chi connectivity index (χ0n) is 17.9. The van der Waals surface area contributed by atoms with Crippen LogP contribution in [0.5, 0.6) is 5.75 Å². The highest BCUT2D eigenvalue weighted by Crippen LogP contribution is 2.24. The molecule has 4 rings (SSSR count). The Balaban J connectivity index is 1.21. The first-order valence-corrected chi connectivity index (χ1v) is 11.2. The second-order valence-electron chi connectivity index (χ2n) is 8.08. The largest absolute Gasteiger partial charge is 0.491 e. The fourth-order valence-corrected chi connectivity index (χ4v) is 4.06. The van der Waals surface area contributed by atoms with Gasteiger partial charge in [-0.15, -0.1) is 0 Å². The summed E-state index contributed by atoms with van der Waals surface area (Å²) in [7, 11) is 0. The third kappa shape index (κ3) is 5.79. The van der Waals surface area contributed by atoms with Crippen molar-refractivity contribution in [2.75, 3.05) is 44.2 Å². The molecule has 3 aromatic rings. The van der Waals surface area contributed by atoms with Crippen LogP contribution in [0.2, 0.25) is 5.02 Å². The van der Waals surface area contributed by atoms with Crippen LogP contribution in [-0.2, 0) is 0 Å². The zero-order chi connectivity index (χ0) is 21.6. The highest BCUT2D eigenvalue weighted by atomic mass is 35.5. The lowest BCUT2D eigenvalue weighted by atomic mass is 10.1. The molecule has 5 heteroatoms. The average molecular weight is 437 g/mol. The summed E-state index contributed by atoms with van der Waals surface area (Å²) >= 11 is 6.27. The lowest BCUT2D eigenvalue weighted by molar-refractivity contribution is 0.0663. The summed E-state index contributed by atoms with van der Waals surface area (Å²) in [6, 6.07) is 24.5. The van der Waals surface area contributed by atoms with Crippen molar-refractivity contribution in [2.24, 2.45) is 0 Å². The molecule has 1 heterocycles. The molecule has 162 valence electrons.